The van der Waals surface area contributed by atoms with Crippen LogP contribution in [0.3, 0.4) is 0 Å². The molecule has 0 amide bonds. The van der Waals surface area contributed by atoms with Crippen LogP contribution < -0.4 is 0 Å². The molecule has 100 valence electrons. The maximum atomic E-state index is 4.48. The zero-order valence-corrected chi connectivity index (χ0v) is 13.2. The van der Waals surface area contributed by atoms with Crippen molar-refractivity contribution in [3.63, 3.8) is 0 Å². The van der Waals surface area contributed by atoms with Crippen molar-refractivity contribution in [3.8, 4) is 22.6 Å². The van der Waals surface area contributed by atoms with Crippen LogP contribution in [0, 0.1) is 6.92 Å². The molecule has 3 aromatic heterocycles. The number of aryl methyl sites for hydroxylation is 1. The van der Waals surface area contributed by atoms with E-state index >= 15 is 0 Å². The Hall–Kier alpha value is -1.86. The molecule has 3 heterocycles. The molecule has 4 heteroatoms. The largest absolute Gasteiger partial charge is 2.00 e. The first-order valence-electron chi connectivity index (χ1n) is 6.14. The predicted molar refractivity (Wildman–Crippen MR) is 75.4 cm³/mol. The molecule has 0 aromatic carbocycles. The first-order valence-corrected chi connectivity index (χ1v) is 6.14. The van der Waals surface area contributed by atoms with Crippen LogP contribution in [0.25, 0.3) is 22.6 Å². The average Bonchev–Trinajstić information content (AvgIpc) is 2.49. The van der Waals surface area contributed by atoms with Crippen molar-refractivity contribution in [2.75, 3.05) is 0 Å². The van der Waals surface area contributed by atoms with Crippen molar-refractivity contribution in [3.05, 3.63) is 66.6 Å². The van der Waals surface area contributed by atoms with Gasteiger partial charge in [0.05, 0.1) is 17.1 Å². The van der Waals surface area contributed by atoms with Gasteiger partial charge in [0.1, 0.15) is 0 Å². The van der Waals surface area contributed by atoms with E-state index in [-0.39, 0.29) is 21.1 Å². The van der Waals surface area contributed by atoms with E-state index in [0.29, 0.717) is 0 Å². The summed E-state index contributed by atoms with van der Waals surface area (Å²) in [6.07, 6.45) is 5.39. The molecule has 0 atom stereocenters. The summed E-state index contributed by atoms with van der Waals surface area (Å²) in [4.78, 5) is 13.3. The zero-order chi connectivity index (χ0) is 13.1. The van der Waals surface area contributed by atoms with Crippen LogP contribution >= 0.6 is 0 Å². The second kappa shape index (κ2) is 6.53. The number of rotatable bonds is 2. The smallest absolute Gasteiger partial charge is 0.256 e. The van der Waals surface area contributed by atoms with Gasteiger partial charge in [-0.1, -0.05) is 12.1 Å². The third kappa shape index (κ3) is 2.83. The van der Waals surface area contributed by atoms with Crippen LogP contribution in [-0.4, -0.2) is 15.0 Å². The molecule has 20 heavy (non-hydrogen) atoms. The van der Waals surface area contributed by atoms with Gasteiger partial charge < -0.3 is 0 Å². The molecule has 0 bridgehead atoms. The summed E-state index contributed by atoms with van der Waals surface area (Å²) in [6.45, 7) is 2.07. The van der Waals surface area contributed by atoms with Crippen LogP contribution in [0.4, 0.5) is 0 Å². The standard InChI is InChI=1S/C16H13N3.Pt/c1-12-8-11-19-16(14-7-3-5-10-18-14)15(12)13-6-2-4-9-17-13;/h2-11H,1H3;/q;+2. The molecule has 0 aliphatic rings. The Morgan fingerprint density at radius 1 is 0.700 bits per heavy atom. The van der Waals surface area contributed by atoms with E-state index in [2.05, 4.69) is 21.9 Å². The molecule has 0 fully saturated rings. The quantitative estimate of drug-likeness (QED) is 0.610. The van der Waals surface area contributed by atoms with Crippen LogP contribution in [0.15, 0.2) is 61.1 Å². The predicted octanol–water partition coefficient (Wildman–Crippen LogP) is 3.51. The van der Waals surface area contributed by atoms with Gasteiger partial charge in [0.15, 0.2) is 0 Å². The number of hydrogen-bond acceptors (Lipinski definition) is 3. The summed E-state index contributed by atoms with van der Waals surface area (Å²) in [7, 11) is 0. The average molecular weight is 442 g/mol. The molecule has 3 rings (SSSR count). The summed E-state index contributed by atoms with van der Waals surface area (Å²) >= 11 is 0. The van der Waals surface area contributed by atoms with E-state index < -0.39 is 0 Å². The normalized spacial score (nSPS) is 9.85. The fraction of sp³-hybridized carbons (Fsp3) is 0.0625. The van der Waals surface area contributed by atoms with Crippen LogP contribution in [0.1, 0.15) is 5.56 Å². The molecule has 0 saturated heterocycles. The van der Waals surface area contributed by atoms with Crippen LogP contribution in [0.5, 0.6) is 0 Å². The summed E-state index contributed by atoms with van der Waals surface area (Å²) in [5, 5.41) is 0. The van der Waals surface area contributed by atoms with Gasteiger partial charge in [-0.2, -0.15) is 0 Å². The van der Waals surface area contributed by atoms with Crippen LogP contribution in [0.2, 0.25) is 0 Å². The van der Waals surface area contributed by atoms with Crippen molar-refractivity contribution in [1.82, 2.24) is 15.0 Å². The molecule has 3 nitrogen and oxygen atoms in total. The molecule has 0 radical (unpaired) electrons. The topological polar surface area (TPSA) is 38.7 Å². The Labute approximate surface area is 132 Å². The van der Waals surface area contributed by atoms with Crippen LogP contribution in [-0.2, 0) is 21.1 Å². The number of hydrogen-bond donors (Lipinski definition) is 0. The first kappa shape index (κ1) is 14.5. The fourth-order valence-electron chi connectivity index (χ4n) is 2.09. The monoisotopic (exact) mass is 442 g/mol. The molecule has 0 N–H and O–H groups in total. The van der Waals surface area contributed by atoms with E-state index in [9.17, 15) is 0 Å². The van der Waals surface area contributed by atoms with Gasteiger partial charge in [-0.3, -0.25) is 15.0 Å². The van der Waals surface area contributed by atoms with Gasteiger partial charge >= 0.3 is 21.1 Å². The first-order chi connectivity index (χ1) is 9.36. The van der Waals surface area contributed by atoms with Crippen molar-refractivity contribution in [1.29, 1.82) is 0 Å². The summed E-state index contributed by atoms with van der Waals surface area (Å²) < 4.78 is 0. The molecular weight excluding hydrogens is 429 g/mol. The Balaban J connectivity index is 0.00000147. The van der Waals surface area contributed by atoms with Gasteiger partial charge in [0.25, 0.3) is 0 Å². The minimum absolute atomic E-state index is 0. The zero-order valence-electron chi connectivity index (χ0n) is 10.9. The maximum Gasteiger partial charge on any atom is 2.00 e. The van der Waals surface area contributed by atoms with E-state index in [1.165, 1.54) is 0 Å². The minimum atomic E-state index is 0. The molecule has 0 aliphatic heterocycles. The molecule has 0 spiro atoms. The van der Waals surface area contributed by atoms with E-state index in [1.54, 1.807) is 12.4 Å². The molecular formula is C16H13N3Pt+2. The Morgan fingerprint density at radius 2 is 1.35 bits per heavy atom. The van der Waals surface area contributed by atoms with Crippen molar-refractivity contribution < 1.29 is 21.1 Å². The Morgan fingerprint density at radius 3 is 1.95 bits per heavy atom. The van der Waals surface area contributed by atoms with Gasteiger partial charge in [0.2, 0.25) is 0 Å². The summed E-state index contributed by atoms with van der Waals surface area (Å²) in [5.74, 6) is 0. The van der Waals surface area contributed by atoms with E-state index in [1.807, 2.05) is 48.7 Å². The van der Waals surface area contributed by atoms with Gasteiger partial charge in [-0.25, -0.2) is 0 Å². The number of nitrogens with zero attached hydrogens (tertiary/aromatic N) is 3. The summed E-state index contributed by atoms with van der Waals surface area (Å²) in [6, 6.07) is 13.7. The molecule has 0 saturated carbocycles. The van der Waals surface area contributed by atoms with Crippen molar-refractivity contribution in [2.24, 2.45) is 0 Å². The van der Waals surface area contributed by atoms with Gasteiger partial charge in [-0.05, 0) is 42.8 Å². The Kier molecular flexibility index (Phi) is 4.75. The third-order valence-corrected chi connectivity index (χ3v) is 2.99. The second-order valence-corrected chi connectivity index (χ2v) is 4.28. The van der Waals surface area contributed by atoms with E-state index in [0.717, 1.165) is 28.2 Å². The third-order valence-electron chi connectivity index (χ3n) is 2.99. The maximum absolute atomic E-state index is 4.48. The van der Waals surface area contributed by atoms with Gasteiger partial charge in [0, 0.05) is 24.2 Å². The van der Waals surface area contributed by atoms with Gasteiger partial charge in [-0.15, -0.1) is 0 Å². The van der Waals surface area contributed by atoms with Crippen molar-refractivity contribution in [2.45, 2.75) is 6.92 Å². The molecule has 3 aromatic rings. The summed E-state index contributed by atoms with van der Waals surface area (Å²) in [5.41, 5.74) is 4.86. The Bertz CT molecular complexity index is 685. The molecule has 0 unspecified atom stereocenters. The van der Waals surface area contributed by atoms with E-state index in [4.69, 9.17) is 0 Å². The SMILES string of the molecule is Cc1ccnc(-c2ccccn2)c1-c1ccccn1.[Pt+2]. The number of pyridine rings is 3. The minimum Gasteiger partial charge on any atom is -0.256 e. The molecule has 0 aliphatic carbocycles. The number of aromatic nitrogens is 3. The van der Waals surface area contributed by atoms with Crippen molar-refractivity contribution >= 4 is 0 Å². The fourth-order valence-corrected chi connectivity index (χ4v) is 2.09. The second-order valence-electron chi connectivity index (χ2n) is 4.28.